The highest BCUT2D eigenvalue weighted by Crippen LogP contribution is 2.44. The Morgan fingerprint density at radius 2 is 1.76 bits per heavy atom. The molecule has 198 valence electrons. The van der Waals surface area contributed by atoms with Crippen LogP contribution in [0.25, 0.3) is 5.76 Å². The minimum Gasteiger partial charge on any atom is -0.507 e. The number of aliphatic hydroxyl groups excluding tert-OH is 1. The molecule has 1 N–H and O–H groups in total. The first-order valence-corrected chi connectivity index (χ1v) is 12.4. The lowest BCUT2D eigenvalue weighted by Crippen LogP contribution is -2.29. The van der Waals surface area contributed by atoms with Gasteiger partial charge in [-0.1, -0.05) is 37.6 Å². The summed E-state index contributed by atoms with van der Waals surface area (Å²) in [6.45, 7) is 4.72. The summed E-state index contributed by atoms with van der Waals surface area (Å²) in [5.41, 5.74) is 1.49. The van der Waals surface area contributed by atoms with Crippen LogP contribution in [-0.2, 0) is 16.1 Å². The van der Waals surface area contributed by atoms with E-state index in [1.165, 1.54) is 31.3 Å². The van der Waals surface area contributed by atoms with Crippen molar-refractivity contribution in [1.29, 1.82) is 0 Å². The fraction of sp³-hybridized carbons (Fsp3) is 0.276. The minimum atomic E-state index is -0.892. The summed E-state index contributed by atoms with van der Waals surface area (Å²) >= 11 is 6.25. The fourth-order valence-corrected chi connectivity index (χ4v) is 4.53. The third-order valence-corrected chi connectivity index (χ3v) is 6.42. The lowest BCUT2D eigenvalue weighted by atomic mass is 9.94. The molecule has 0 radical (unpaired) electrons. The first-order valence-electron chi connectivity index (χ1n) is 12.1. The Kier molecular flexibility index (Phi) is 8.22. The van der Waals surface area contributed by atoms with Gasteiger partial charge < -0.3 is 24.2 Å². The zero-order chi connectivity index (χ0) is 27.4. The van der Waals surface area contributed by atoms with E-state index >= 15 is 0 Å². The molecule has 0 aliphatic carbocycles. The molecule has 8 nitrogen and oxygen atoms in total. The van der Waals surface area contributed by atoms with Crippen molar-refractivity contribution in [3.63, 3.8) is 0 Å². The molecule has 1 aliphatic rings. The summed E-state index contributed by atoms with van der Waals surface area (Å²) in [6, 6.07) is 12.8. The molecule has 1 aromatic heterocycles. The number of Topliss-reactive ketones (excluding diaryl/α,β-unsaturated/α-hetero) is 1. The SMILES string of the molecule is COc1cc(/C(O)=C2\C(=O)C(=O)N(Cc3ccncc3)C2c2cccc(OCC(C)C)c2)c(OC)cc1Cl. The molecule has 4 rings (SSSR count). The zero-order valence-electron chi connectivity index (χ0n) is 21.6. The maximum atomic E-state index is 13.5. The summed E-state index contributed by atoms with van der Waals surface area (Å²) in [4.78, 5) is 32.3. The number of halogens is 1. The molecular formula is C29H29ClN2O6. The van der Waals surface area contributed by atoms with Crippen LogP contribution in [0.3, 0.4) is 0 Å². The van der Waals surface area contributed by atoms with Gasteiger partial charge in [-0.3, -0.25) is 14.6 Å². The lowest BCUT2D eigenvalue weighted by molar-refractivity contribution is -0.140. The van der Waals surface area contributed by atoms with Crippen LogP contribution in [-0.4, -0.2) is 47.5 Å². The predicted molar refractivity (Wildman–Crippen MR) is 143 cm³/mol. The summed E-state index contributed by atoms with van der Waals surface area (Å²) in [5, 5.41) is 11.8. The smallest absolute Gasteiger partial charge is 0.295 e. The van der Waals surface area contributed by atoms with Crippen molar-refractivity contribution in [3.05, 3.63) is 88.2 Å². The third kappa shape index (κ3) is 5.45. The lowest BCUT2D eigenvalue weighted by Gasteiger charge is -2.26. The predicted octanol–water partition coefficient (Wildman–Crippen LogP) is 5.41. The molecule has 2 heterocycles. The second-order valence-corrected chi connectivity index (χ2v) is 9.65. The Balaban J connectivity index is 1.90. The first-order chi connectivity index (χ1) is 18.2. The van der Waals surface area contributed by atoms with Crippen molar-refractivity contribution in [1.82, 2.24) is 9.88 Å². The van der Waals surface area contributed by atoms with Crippen LogP contribution in [0.2, 0.25) is 5.02 Å². The van der Waals surface area contributed by atoms with Gasteiger partial charge in [0.1, 0.15) is 23.0 Å². The van der Waals surface area contributed by atoms with E-state index in [4.69, 9.17) is 25.8 Å². The molecule has 1 unspecified atom stereocenters. The molecule has 1 aliphatic heterocycles. The van der Waals surface area contributed by atoms with E-state index in [2.05, 4.69) is 4.98 Å². The Morgan fingerprint density at radius 1 is 1.05 bits per heavy atom. The van der Waals surface area contributed by atoms with Gasteiger partial charge in [-0.2, -0.15) is 0 Å². The van der Waals surface area contributed by atoms with Crippen LogP contribution >= 0.6 is 11.6 Å². The maximum Gasteiger partial charge on any atom is 0.295 e. The number of methoxy groups -OCH3 is 2. The van der Waals surface area contributed by atoms with Gasteiger partial charge in [0.15, 0.2) is 0 Å². The van der Waals surface area contributed by atoms with Crippen molar-refractivity contribution < 1.29 is 28.9 Å². The quantitative estimate of drug-likeness (QED) is 0.222. The second kappa shape index (κ2) is 11.6. The van der Waals surface area contributed by atoms with E-state index in [0.29, 0.717) is 23.8 Å². The van der Waals surface area contributed by atoms with Gasteiger partial charge in [-0.25, -0.2) is 0 Å². The zero-order valence-corrected chi connectivity index (χ0v) is 22.4. The third-order valence-electron chi connectivity index (χ3n) is 6.13. The molecule has 2 aromatic carbocycles. The molecule has 9 heteroatoms. The van der Waals surface area contributed by atoms with Crippen molar-refractivity contribution >= 4 is 29.1 Å². The highest BCUT2D eigenvalue weighted by molar-refractivity contribution is 6.46. The number of amides is 1. The number of carbonyl (C=O) groups excluding carboxylic acids is 2. The monoisotopic (exact) mass is 536 g/mol. The van der Waals surface area contributed by atoms with Crippen LogP contribution in [0.15, 0.2) is 66.5 Å². The Morgan fingerprint density at radius 3 is 2.42 bits per heavy atom. The number of likely N-dealkylation sites (tertiary alicyclic amines) is 1. The van der Waals surface area contributed by atoms with Crippen LogP contribution in [0.1, 0.15) is 36.6 Å². The number of ketones is 1. The van der Waals surface area contributed by atoms with Gasteiger partial charge in [-0.05, 0) is 47.4 Å². The number of nitrogens with zero attached hydrogens (tertiary/aromatic N) is 2. The number of aliphatic hydroxyl groups is 1. The van der Waals surface area contributed by atoms with E-state index in [1.54, 1.807) is 42.7 Å². The van der Waals surface area contributed by atoms with E-state index < -0.39 is 23.5 Å². The average molecular weight is 537 g/mol. The second-order valence-electron chi connectivity index (χ2n) is 9.25. The van der Waals surface area contributed by atoms with E-state index in [9.17, 15) is 14.7 Å². The number of carbonyl (C=O) groups is 2. The molecule has 0 saturated carbocycles. The topological polar surface area (TPSA) is 98.2 Å². The number of ether oxygens (including phenoxy) is 3. The van der Waals surface area contributed by atoms with E-state index in [0.717, 1.165) is 5.56 Å². The first kappa shape index (κ1) is 27.0. The molecule has 0 spiro atoms. The van der Waals surface area contributed by atoms with Crippen LogP contribution in [0.4, 0.5) is 0 Å². The molecule has 38 heavy (non-hydrogen) atoms. The van der Waals surface area contributed by atoms with Gasteiger partial charge in [0.25, 0.3) is 11.7 Å². The van der Waals surface area contributed by atoms with Crippen LogP contribution < -0.4 is 14.2 Å². The Bertz CT molecular complexity index is 1370. The summed E-state index contributed by atoms with van der Waals surface area (Å²) in [5.74, 6) is -0.541. The number of benzene rings is 2. The number of hydrogen-bond acceptors (Lipinski definition) is 7. The van der Waals surface area contributed by atoms with Crippen molar-refractivity contribution in [2.45, 2.75) is 26.4 Å². The molecule has 3 aromatic rings. The Labute approximate surface area is 226 Å². The minimum absolute atomic E-state index is 0.0762. The van der Waals surface area contributed by atoms with Gasteiger partial charge in [0.2, 0.25) is 0 Å². The summed E-state index contributed by atoms with van der Waals surface area (Å²) in [6.07, 6.45) is 3.23. The van der Waals surface area contributed by atoms with Crippen LogP contribution in [0, 0.1) is 5.92 Å². The summed E-state index contributed by atoms with van der Waals surface area (Å²) in [7, 11) is 2.86. The molecule has 0 bridgehead atoms. The number of hydrogen-bond donors (Lipinski definition) is 1. The normalized spacial score (nSPS) is 16.7. The van der Waals surface area contributed by atoms with E-state index in [-0.39, 0.29) is 34.2 Å². The fourth-order valence-electron chi connectivity index (χ4n) is 4.30. The number of aromatic nitrogens is 1. The summed E-state index contributed by atoms with van der Waals surface area (Å²) < 4.78 is 16.7. The number of rotatable bonds is 9. The molecular weight excluding hydrogens is 508 g/mol. The standard InChI is InChI=1S/C29H29ClN2O6/c1-17(2)16-38-20-7-5-6-19(12-20)26-25(27(33)21-13-24(37-4)22(30)14-23(21)36-3)28(34)29(35)32(26)15-18-8-10-31-11-9-18/h5-14,17,26,33H,15-16H2,1-4H3/b27-25+. The van der Waals surface area contributed by atoms with Crippen LogP contribution in [0.5, 0.6) is 17.2 Å². The molecule has 1 amide bonds. The van der Waals surface area contributed by atoms with Gasteiger partial charge >= 0.3 is 0 Å². The maximum absolute atomic E-state index is 13.5. The molecule has 1 atom stereocenters. The largest absolute Gasteiger partial charge is 0.507 e. The van der Waals surface area contributed by atoms with Gasteiger partial charge in [0.05, 0.1) is 43.0 Å². The number of pyridine rings is 1. The van der Waals surface area contributed by atoms with Gasteiger partial charge in [0, 0.05) is 25.0 Å². The highest BCUT2D eigenvalue weighted by Gasteiger charge is 2.46. The molecule has 1 saturated heterocycles. The van der Waals surface area contributed by atoms with Gasteiger partial charge in [-0.15, -0.1) is 0 Å². The van der Waals surface area contributed by atoms with Crippen molar-refractivity contribution in [2.24, 2.45) is 5.92 Å². The average Bonchev–Trinajstić information content (AvgIpc) is 3.17. The highest BCUT2D eigenvalue weighted by atomic mass is 35.5. The van der Waals surface area contributed by atoms with Crippen molar-refractivity contribution in [2.75, 3.05) is 20.8 Å². The van der Waals surface area contributed by atoms with E-state index in [1.807, 2.05) is 19.9 Å². The van der Waals surface area contributed by atoms with Crippen molar-refractivity contribution in [3.8, 4) is 17.2 Å². The Hall–Kier alpha value is -4.04. The molecule has 1 fully saturated rings.